The molecule has 0 aliphatic heterocycles. The van der Waals surface area contributed by atoms with Crippen LogP contribution in [-0.2, 0) is 9.68 Å². The second-order valence-electron chi connectivity index (χ2n) is 1.11. The lowest BCUT2D eigenvalue weighted by Gasteiger charge is -2.06. The molecule has 4 nitrogen and oxygen atoms in total. The van der Waals surface area contributed by atoms with Crippen molar-refractivity contribution in [2.24, 2.45) is 11.8 Å². The van der Waals surface area contributed by atoms with Crippen molar-refractivity contribution >= 4 is 0 Å². The van der Waals surface area contributed by atoms with Crippen LogP contribution in [0.25, 0.3) is 0 Å². The maximum Gasteiger partial charge on any atom is 0.195 e. The first kappa shape index (κ1) is 6.84. The Labute approximate surface area is 42.3 Å². The minimum Gasteiger partial charge on any atom is -0.271 e. The van der Waals surface area contributed by atoms with Crippen molar-refractivity contribution < 1.29 is 9.68 Å². The highest BCUT2D eigenvalue weighted by atomic mass is 16.8. The Morgan fingerprint density at radius 1 is 1.43 bits per heavy atom. The fourth-order valence-corrected chi connectivity index (χ4v) is 0.225. The van der Waals surface area contributed by atoms with Crippen molar-refractivity contribution in [1.29, 1.82) is 0 Å². The molecule has 0 aromatic heterocycles. The van der Waals surface area contributed by atoms with Crippen LogP contribution in [-0.4, -0.2) is 6.29 Å². The third-order valence-corrected chi connectivity index (χ3v) is 0.637. The SMILES string of the molecule is CCC(ON)ON. The second-order valence-corrected chi connectivity index (χ2v) is 1.11. The highest BCUT2D eigenvalue weighted by Gasteiger charge is 1.98. The largest absolute Gasteiger partial charge is 0.271 e. The zero-order valence-electron chi connectivity index (χ0n) is 4.26. The smallest absolute Gasteiger partial charge is 0.195 e. The first-order valence-electron chi connectivity index (χ1n) is 2.06. The topological polar surface area (TPSA) is 70.5 Å². The zero-order chi connectivity index (χ0) is 5.70. The first-order chi connectivity index (χ1) is 3.35. The molecule has 0 heterocycles. The van der Waals surface area contributed by atoms with Gasteiger partial charge in [-0.3, -0.25) is 9.68 Å². The summed E-state index contributed by atoms with van der Waals surface area (Å²) < 4.78 is 0. The van der Waals surface area contributed by atoms with Gasteiger partial charge in [-0.25, -0.2) is 11.8 Å². The molecule has 0 atom stereocenters. The lowest BCUT2D eigenvalue weighted by molar-refractivity contribution is -0.148. The molecule has 0 radical (unpaired) electrons. The van der Waals surface area contributed by atoms with Crippen LogP contribution in [0.3, 0.4) is 0 Å². The summed E-state index contributed by atoms with van der Waals surface area (Å²) in [4.78, 5) is 8.40. The third-order valence-electron chi connectivity index (χ3n) is 0.637. The van der Waals surface area contributed by atoms with Crippen LogP contribution in [0.4, 0.5) is 0 Å². The van der Waals surface area contributed by atoms with Gasteiger partial charge in [-0.15, -0.1) is 0 Å². The van der Waals surface area contributed by atoms with E-state index in [1.165, 1.54) is 0 Å². The Hall–Kier alpha value is -0.160. The lowest BCUT2D eigenvalue weighted by Crippen LogP contribution is -2.22. The fourth-order valence-electron chi connectivity index (χ4n) is 0.225. The predicted molar refractivity (Wildman–Crippen MR) is 24.6 cm³/mol. The number of hydrogen-bond donors (Lipinski definition) is 2. The van der Waals surface area contributed by atoms with Crippen LogP contribution >= 0.6 is 0 Å². The molecule has 0 fully saturated rings. The Bertz CT molecular complexity index is 32.4. The van der Waals surface area contributed by atoms with E-state index in [1.807, 2.05) is 6.92 Å². The van der Waals surface area contributed by atoms with E-state index in [0.29, 0.717) is 6.42 Å². The minimum atomic E-state index is -0.458. The monoisotopic (exact) mass is 106 g/mol. The number of hydrogen-bond acceptors (Lipinski definition) is 4. The minimum absolute atomic E-state index is 0.458. The Balaban J connectivity index is 2.99. The molecule has 7 heavy (non-hydrogen) atoms. The molecule has 0 aliphatic rings. The summed E-state index contributed by atoms with van der Waals surface area (Å²) >= 11 is 0. The van der Waals surface area contributed by atoms with Crippen LogP contribution < -0.4 is 11.8 Å². The Morgan fingerprint density at radius 2 is 1.86 bits per heavy atom. The molecule has 0 amide bonds. The molecule has 44 valence electrons. The molecule has 0 aliphatic carbocycles. The van der Waals surface area contributed by atoms with Gasteiger partial charge in [0.05, 0.1) is 0 Å². The van der Waals surface area contributed by atoms with Crippen LogP contribution in [0.15, 0.2) is 0 Å². The number of rotatable bonds is 3. The summed E-state index contributed by atoms with van der Waals surface area (Å²) in [5.74, 6) is 9.38. The molecule has 0 spiro atoms. The molecule has 0 saturated heterocycles. The van der Waals surface area contributed by atoms with E-state index in [2.05, 4.69) is 21.5 Å². The highest BCUT2D eigenvalue weighted by molar-refractivity contribution is 4.29. The van der Waals surface area contributed by atoms with Crippen LogP contribution in [0.2, 0.25) is 0 Å². The van der Waals surface area contributed by atoms with Crippen molar-refractivity contribution in [3.8, 4) is 0 Å². The van der Waals surface area contributed by atoms with Gasteiger partial charge in [0.15, 0.2) is 6.29 Å². The molecule has 0 aromatic carbocycles. The highest BCUT2D eigenvalue weighted by Crippen LogP contribution is 1.89. The lowest BCUT2D eigenvalue weighted by atomic mass is 10.5. The summed E-state index contributed by atoms with van der Waals surface area (Å²) in [6, 6.07) is 0. The Kier molecular flexibility index (Phi) is 3.92. The van der Waals surface area contributed by atoms with Crippen LogP contribution in [0.5, 0.6) is 0 Å². The zero-order valence-corrected chi connectivity index (χ0v) is 4.26. The Morgan fingerprint density at radius 3 is 1.86 bits per heavy atom. The normalized spacial score (nSPS) is 10.3. The summed E-state index contributed by atoms with van der Waals surface area (Å²) in [5.41, 5.74) is 0. The van der Waals surface area contributed by atoms with E-state index < -0.39 is 6.29 Å². The molecule has 0 aromatic rings. The molecular formula is C3H10N2O2. The summed E-state index contributed by atoms with van der Waals surface area (Å²) in [6.45, 7) is 1.85. The third kappa shape index (κ3) is 2.52. The average Bonchev–Trinajstić information content (AvgIpc) is 1.72. The van der Waals surface area contributed by atoms with E-state index in [4.69, 9.17) is 0 Å². The van der Waals surface area contributed by atoms with Crippen molar-refractivity contribution in [2.75, 3.05) is 0 Å². The summed E-state index contributed by atoms with van der Waals surface area (Å²) in [5, 5.41) is 0. The van der Waals surface area contributed by atoms with Gasteiger partial charge in [-0.05, 0) is 6.42 Å². The van der Waals surface area contributed by atoms with Gasteiger partial charge in [0, 0.05) is 0 Å². The van der Waals surface area contributed by atoms with E-state index in [1.54, 1.807) is 0 Å². The van der Waals surface area contributed by atoms with Crippen molar-refractivity contribution in [2.45, 2.75) is 19.6 Å². The van der Waals surface area contributed by atoms with Crippen LogP contribution in [0, 0.1) is 0 Å². The molecule has 4 N–H and O–H groups in total. The standard InChI is InChI=1S/C3H10N2O2/c1-2-3(6-4)7-5/h3H,2,4-5H2,1H3. The van der Waals surface area contributed by atoms with E-state index in [0.717, 1.165) is 0 Å². The van der Waals surface area contributed by atoms with Gasteiger partial charge in [0.1, 0.15) is 0 Å². The number of nitrogens with two attached hydrogens (primary N) is 2. The van der Waals surface area contributed by atoms with Crippen molar-refractivity contribution in [3.63, 3.8) is 0 Å². The second kappa shape index (κ2) is 4.01. The quantitative estimate of drug-likeness (QED) is 0.376. The maximum absolute atomic E-state index is 4.69. The average molecular weight is 106 g/mol. The van der Waals surface area contributed by atoms with Gasteiger partial charge in [-0.2, -0.15) is 0 Å². The molecule has 0 bridgehead atoms. The molecule has 0 unspecified atom stereocenters. The van der Waals surface area contributed by atoms with Crippen molar-refractivity contribution in [3.05, 3.63) is 0 Å². The first-order valence-corrected chi connectivity index (χ1v) is 2.06. The molecule has 0 saturated carbocycles. The van der Waals surface area contributed by atoms with Gasteiger partial charge < -0.3 is 0 Å². The van der Waals surface area contributed by atoms with Gasteiger partial charge in [0.2, 0.25) is 0 Å². The van der Waals surface area contributed by atoms with E-state index in [9.17, 15) is 0 Å². The molecular weight excluding hydrogens is 96.0 g/mol. The molecule has 0 rings (SSSR count). The van der Waals surface area contributed by atoms with Gasteiger partial charge in [-0.1, -0.05) is 6.92 Å². The molecule has 4 heteroatoms. The summed E-state index contributed by atoms with van der Waals surface area (Å²) in [7, 11) is 0. The van der Waals surface area contributed by atoms with E-state index >= 15 is 0 Å². The van der Waals surface area contributed by atoms with Crippen LogP contribution in [0.1, 0.15) is 13.3 Å². The van der Waals surface area contributed by atoms with Gasteiger partial charge in [0.25, 0.3) is 0 Å². The van der Waals surface area contributed by atoms with Crippen molar-refractivity contribution in [1.82, 2.24) is 0 Å². The van der Waals surface area contributed by atoms with Gasteiger partial charge >= 0.3 is 0 Å². The van der Waals surface area contributed by atoms with E-state index in [-0.39, 0.29) is 0 Å². The maximum atomic E-state index is 4.69. The predicted octanol–water partition coefficient (Wildman–Crippen LogP) is -0.497. The summed E-state index contributed by atoms with van der Waals surface area (Å²) in [6.07, 6.45) is 0.201. The fraction of sp³-hybridized carbons (Fsp3) is 1.00.